The van der Waals surface area contributed by atoms with Gasteiger partial charge >= 0.3 is 5.97 Å². The van der Waals surface area contributed by atoms with Crippen molar-refractivity contribution in [1.29, 1.82) is 0 Å². The number of carboxylic acid groups (broad SMARTS) is 1. The number of piperidine rings is 3. The van der Waals surface area contributed by atoms with Crippen molar-refractivity contribution in [2.24, 2.45) is 17.8 Å². The van der Waals surface area contributed by atoms with Gasteiger partial charge in [0.1, 0.15) is 11.5 Å². The van der Waals surface area contributed by atoms with Crippen molar-refractivity contribution in [3.8, 4) is 0 Å². The van der Waals surface area contributed by atoms with Crippen molar-refractivity contribution < 1.29 is 19.4 Å². The molecule has 0 aliphatic carbocycles. The molecule has 0 aromatic heterocycles. The van der Waals surface area contributed by atoms with Gasteiger partial charge in [0.25, 0.3) is 0 Å². The molecule has 0 unspecified atom stereocenters. The molecule has 6 aliphatic rings. The van der Waals surface area contributed by atoms with Crippen LogP contribution in [-0.4, -0.2) is 70.7 Å². The first-order valence-corrected chi connectivity index (χ1v) is 8.22. The van der Waals surface area contributed by atoms with Gasteiger partial charge < -0.3 is 19.6 Å². The molecule has 0 aromatic rings. The molecule has 1 amide bonds. The number of fused-ring (bicyclic) bond motifs is 4. The van der Waals surface area contributed by atoms with Gasteiger partial charge in [0.2, 0.25) is 5.91 Å². The number of likely N-dealkylation sites (tertiary alicyclic amines) is 1. The molecule has 5 atom stereocenters. The van der Waals surface area contributed by atoms with E-state index in [1.807, 2.05) is 17.1 Å². The van der Waals surface area contributed by atoms with Crippen LogP contribution in [0.25, 0.3) is 0 Å². The molecule has 5 fully saturated rings. The number of ether oxygens (including phenoxy) is 1. The lowest BCUT2D eigenvalue weighted by atomic mass is 9.77. The van der Waals surface area contributed by atoms with E-state index in [-0.39, 0.29) is 11.9 Å². The van der Waals surface area contributed by atoms with Gasteiger partial charge in [-0.1, -0.05) is 12.2 Å². The topological polar surface area (TPSA) is 70.1 Å². The van der Waals surface area contributed by atoms with Crippen LogP contribution in [0.5, 0.6) is 0 Å². The Kier molecular flexibility index (Phi) is 2.45. The molecule has 22 heavy (non-hydrogen) atoms. The largest absolute Gasteiger partial charge is 0.481 e. The molecule has 118 valence electrons. The number of carbonyl (C=O) groups is 2. The Morgan fingerprint density at radius 3 is 2.77 bits per heavy atom. The highest BCUT2D eigenvalue weighted by atomic mass is 16.5. The number of hydrogen-bond donors (Lipinski definition) is 1. The molecule has 4 bridgehead atoms. The van der Waals surface area contributed by atoms with Crippen LogP contribution in [0.4, 0.5) is 0 Å². The Bertz CT molecular complexity index is 583. The maximum atomic E-state index is 13.0. The molecule has 1 N–H and O–H groups in total. The molecule has 0 aromatic carbocycles. The lowest BCUT2D eigenvalue weighted by molar-refractivity contribution is -0.149. The highest BCUT2D eigenvalue weighted by molar-refractivity contribution is 5.91. The van der Waals surface area contributed by atoms with Crippen molar-refractivity contribution in [1.82, 2.24) is 9.80 Å². The van der Waals surface area contributed by atoms with Gasteiger partial charge in [-0.2, -0.15) is 0 Å². The number of amides is 1. The minimum absolute atomic E-state index is 0.00185. The van der Waals surface area contributed by atoms with Gasteiger partial charge in [-0.05, 0) is 31.8 Å². The second-order valence-electron chi connectivity index (χ2n) is 7.41. The Morgan fingerprint density at radius 1 is 1.36 bits per heavy atom. The van der Waals surface area contributed by atoms with Gasteiger partial charge in [0.05, 0.1) is 18.6 Å². The van der Waals surface area contributed by atoms with E-state index in [4.69, 9.17) is 4.74 Å². The van der Waals surface area contributed by atoms with Crippen LogP contribution in [0.3, 0.4) is 0 Å². The quantitative estimate of drug-likeness (QED) is 0.724. The van der Waals surface area contributed by atoms with Crippen molar-refractivity contribution >= 4 is 11.9 Å². The molecule has 0 saturated carbocycles. The number of rotatable bonds is 2. The van der Waals surface area contributed by atoms with Crippen LogP contribution in [0, 0.1) is 17.8 Å². The van der Waals surface area contributed by atoms with Crippen molar-refractivity contribution in [3.63, 3.8) is 0 Å². The van der Waals surface area contributed by atoms with Gasteiger partial charge in [-0.25, -0.2) is 0 Å². The molecule has 6 heterocycles. The normalized spacial score (nSPS) is 51.6. The van der Waals surface area contributed by atoms with Crippen molar-refractivity contribution in [3.05, 3.63) is 12.2 Å². The van der Waals surface area contributed by atoms with E-state index < -0.39 is 29.5 Å². The average Bonchev–Trinajstić information content (AvgIpc) is 3.16. The first-order chi connectivity index (χ1) is 10.6. The lowest BCUT2D eigenvalue weighted by Crippen LogP contribution is -2.58. The maximum Gasteiger partial charge on any atom is 0.310 e. The Labute approximate surface area is 128 Å². The summed E-state index contributed by atoms with van der Waals surface area (Å²) in [4.78, 5) is 29.0. The summed E-state index contributed by atoms with van der Waals surface area (Å²) in [5.41, 5.74) is -0.684. The van der Waals surface area contributed by atoms with Crippen LogP contribution in [0.1, 0.15) is 12.8 Å². The predicted molar refractivity (Wildman–Crippen MR) is 76.0 cm³/mol. The first kappa shape index (κ1) is 13.1. The molecule has 1 spiro atoms. The van der Waals surface area contributed by atoms with E-state index in [1.165, 1.54) is 0 Å². The summed E-state index contributed by atoms with van der Waals surface area (Å²) in [6, 6.07) is 0.237. The fraction of sp³-hybridized carbons (Fsp3) is 0.750. The number of carbonyl (C=O) groups excluding carboxylic acids is 1. The summed E-state index contributed by atoms with van der Waals surface area (Å²) in [5.74, 6) is -1.60. The first-order valence-electron chi connectivity index (χ1n) is 8.22. The SMILES string of the molecule is O=C(O)[C@H]1[C@H]2C(=O)N([C@@H]3CN4CCC3CC4)C[C@]23C=C[C@H]1O3. The zero-order valence-electron chi connectivity index (χ0n) is 12.4. The summed E-state index contributed by atoms with van der Waals surface area (Å²) in [7, 11) is 0. The highest BCUT2D eigenvalue weighted by Crippen LogP contribution is 2.53. The Balaban J connectivity index is 1.48. The zero-order valence-corrected chi connectivity index (χ0v) is 12.4. The lowest BCUT2D eigenvalue weighted by Gasteiger charge is -2.48. The van der Waals surface area contributed by atoms with Crippen molar-refractivity contribution in [2.45, 2.75) is 30.6 Å². The Morgan fingerprint density at radius 2 is 2.14 bits per heavy atom. The molecule has 5 saturated heterocycles. The monoisotopic (exact) mass is 304 g/mol. The summed E-state index contributed by atoms with van der Waals surface area (Å²) in [6.07, 6.45) is 5.64. The van der Waals surface area contributed by atoms with E-state index in [9.17, 15) is 14.7 Å². The number of hydrogen-bond acceptors (Lipinski definition) is 4. The summed E-state index contributed by atoms with van der Waals surface area (Å²) in [6.45, 7) is 3.73. The van der Waals surface area contributed by atoms with Crippen molar-refractivity contribution in [2.75, 3.05) is 26.2 Å². The van der Waals surface area contributed by atoms with E-state index >= 15 is 0 Å². The van der Waals surface area contributed by atoms with Crippen LogP contribution in [0.2, 0.25) is 0 Å². The third-order valence-electron chi connectivity index (χ3n) is 6.44. The molecule has 6 rings (SSSR count). The molecule has 0 radical (unpaired) electrons. The summed E-state index contributed by atoms with van der Waals surface area (Å²) < 4.78 is 5.96. The summed E-state index contributed by atoms with van der Waals surface area (Å²) >= 11 is 0. The van der Waals surface area contributed by atoms with Gasteiger partial charge in [0, 0.05) is 12.6 Å². The van der Waals surface area contributed by atoms with Crippen LogP contribution in [-0.2, 0) is 14.3 Å². The minimum Gasteiger partial charge on any atom is -0.481 e. The molecule has 6 heteroatoms. The van der Waals surface area contributed by atoms with Crippen LogP contribution in [0.15, 0.2) is 12.2 Å². The molecule has 6 nitrogen and oxygen atoms in total. The standard InChI is InChI=1S/C16H20N2O4/c19-14-13-12(15(20)21)11-1-4-16(13,22-11)8-18(14)10-7-17-5-2-9(10)3-6-17/h1,4,9-13H,2-3,5-8H2,(H,20,21)/t10-,11-,12-,13+,16-/m1/s1. The van der Waals surface area contributed by atoms with E-state index in [1.54, 1.807) is 0 Å². The highest BCUT2D eigenvalue weighted by Gasteiger charge is 2.68. The molecular weight excluding hydrogens is 284 g/mol. The molecular formula is C16H20N2O4. The van der Waals surface area contributed by atoms with E-state index in [0.717, 1.165) is 32.5 Å². The van der Waals surface area contributed by atoms with Gasteiger partial charge in [-0.3, -0.25) is 9.59 Å². The second kappa shape index (κ2) is 4.11. The number of carboxylic acids is 1. The fourth-order valence-electron chi connectivity index (χ4n) is 5.38. The van der Waals surface area contributed by atoms with E-state index in [0.29, 0.717) is 12.5 Å². The van der Waals surface area contributed by atoms with Gasteiger partial charge in [0.15, 0.2) is 0 Å². The average molecular weight is 304 g/mol. The predicted octanol–water partition coefficient (Wildman–Crippen LogP) is -0.0528. The minimum atomic E-state index is -0.912. The maximum absolute atomic E-state index is 13.0. The number of aliphatic carboxylic acids is 1. The van der Waals surface area contributed by atoms with Crippen LogP contribution < -0.4 is 0 Å². The zero-order chi connectivity index (χ0) is 15.1. The number of nitrogens with zero attached hydrogens (tertiary/aromatic N) is 2. The smallest absolute Gasteiger partial charge is 0.310 e. The fourth-order valence-corrected chi connectivity index (χ4v) is 5.38. The van der Waals surface area contributed by atoms with Gasteiger partial charge in [-0.15, -0.1) is 0 Å². The molecule has 6 aliphatic heterocycles. The third kappa shape index (κ3) is 1.47. The second-order valence-corrected chi connectivity index (χ2v) is 7.41. The van der Waals surface area contributed by atoms with E-state index in [2.05, 4.69) is 4.90 Å². The Hall–Kier alpha value is -1.40. The summed E-state index contributed by atoms with van der Waals surface area (Å²) in [5, 5.41) is 9.51. The van der Waals surface area contributed by atoms with Crippen LogP contribution >= 0.6 is 0 Å². The third-order valence-corrected chi connectivity index (χ3v) is 6.44.